The fraction of sp³-hybridized carbons (Fsp3) is 0.556. The quantitative estimate of drug-likeness (QED) is 0.667. The first kappa shape index (κ1) is 23.6. The highest BCUT2D eigenvalue weighted by Gasteiger charge is 2.52. The molecule has 2 fully saturated rings. The zero-order chi connectivity index (χ0) is 23.8. The van der Waals surface area contributed by atoms with Gasteiger partial charge in [-0.05, 0) is 56.4 Å². The average Bonchev–Trinajstić information content (AvgIpc) is 3.20. The van der Waals surface area contributed by atoms with Crippen LogP contribution in [0.2, 0.25) is 0 Å². The van der Waals surface area contributed by atoms with Crippen LogP contribution < -0.4 is 5.32 Å². The molecule has 6 heteroatoms. The van der Waals surface area contributed by atoms with Crippen molar-refractivity contribution < 1.29 is 19.1 Å². The van der Waals surface area contributed by atoms with E-state index in [1.165, 1.54) is 5.39 Å². The van der Waals surface area contributed by atoms with Gasteiger partial charge in [-0.2, -0.15) is 0 Å². The summed E-state index contributed by atoms with van der Waals surface area (Å²) in [5.74, 6) is 0.381. The minimum Gasteiger partial charge on any atom is -0.444 e. The molecular formula is C27H36N2O4. The first-order chi connectivity index (χ1) is 15.6. The number of benzene rings is 2. The first-order valence-electron chi connectivity index (χ1n) is 12.0. The van der Waals surface area contributed by atoms with Crippen molar-refractivity contribution in [3.8, 4) is 0 Å². The standard InChI is InChI=1S/C27H36N2O4/c1-6-20-15-27(20,5)28-24(30)23-14-21(16-29(23)25(31)33-26(2,3)4)32-17-19-12-9-11-18-10-7-8-13-22(18)19/h7-13,20-21,23H,6,14-17H2,1-5H3,(H,28,30)/t20-,21+,23?,27-/m0/s1. The van der Waals surface area contributed by atoms with Crippen LogP contribution in [0.1, 0.15) is 59.4 Å². The molecule has 1 aliphatic carbocycles. The Balaban J connectivity index is 1.46. The van der Waals surface area contributed by atoms with Gasteiger partial charge in [-0.1, -0.05) is 55.8 Å². The number of fused-ring (bicyclic) bond motifs is 1. The predicted molar refractivity (Wildman–Crippen MR) is 129 cm³/mol. The van der Waals surface area contributed by atoms with Gasteiger partial charge in [0.2, 0.25) is 5.91 Å². The molecule has 6 nitrogen and oxygen atoms in total. The summed E-state index contributed by atoms with van der Waals surface area (Å²) in [5.41, 5.74) is 0.296. The van der Waals surface area contributed by atoms with Gasteiger partial charge in [0.05, 0.1) is 19.3 Å². The molecule has 2 aromatic rings. The molecule has 1 unspecified atom stereocenters. The molecule has 1 saturated carbocycles. The van der Waals surface area contributed by atoms with Gasteiger partial charge in [-0.3, -0.25) is 9.69 Å². The average molecular weight is 453 g/mol. The van der Waals surface area contributed by atoms with E-state index in [2.05, 4.69) is 43.4 Å². The lowest BCUT2D eigenvalue weighted by atomic mass is 10.1. The lowest BCUT2D eigenvalue weighted by Crippen LogP contribution is -2.50. The molecule has 2 aromatic carbocycles. The van der Waals surface area contributed by atoms with E-state index in [0.29, 0.717) is 25.5 Å². The lowest BCUT2D eigenvalue weighted by molar-refractivity contribution is -0.126. The van der Waals surface area contributed by atoms with Crippen molar-refractivity contribution in [2.75, 3.05) is 6.54 Å². The second kappa shape index (κ2) is 8.98. The molecule has 2 aliphatic rings. The Kier molecular flexibility index (Phi) is 6.41. The third-order valence-electron chi connectivity index (χ3n) is 6.86. The van der Waals surface area contributed by atoms with Gasteiger partial charge in [0, 0.05) is 12.0 Å². The van der Waals surface area contributed by atoms with Crippen LogP contribution in [0.3, 0.4) is 0 Å². The Hall–Kier alpha value is -2.60. The van der Waals surface area contributed by atoms with Gasteiger partial charge in [-0.25, -0.2) is 4.79 Å². The van der Waals surface area contributed by atoms with Gasteiger partial charge in [0.15, 0.2) is 0 Å². The summed E-state index contributed by atoms with van der Waals surface area (Å²) in [7, 11) is 0. The first-order valence-corrected chi connectivity index (χ1v) is 12.0. The maximum atomic E-state index is 13.2. The molecule has 178 valence electrons. The number of nitrogens with zero attached hydrogens (tertiary/aromatic N) is 1. The highest BCUT2D eigenvalue weighted by atomic mass is 16.6. The van der Waals surface area contributed by atoms with E-state index in [4.69, 9.17) is 9.47 Å². The molecule has 0 radical (unpaired) electrons. The van der Waals surface area contributed by atoms with Crippen molar-refractivity contribution in [3.63, 3.8) is 0 Å². The Morgan fingerprint density at radius 1 is 1.15 bits per heavy atom. The van der Waals surface area contributed by atoms with E-state index >= 15 is 0 Å². The third kappa shape index (κ3) is 5.32. The Morgan fingerprint density at radius 2 is 1.88 bits per heavy atom. The molecule has 1 N–H and O–H groups in total. The summed E-state index contributed by atoms with van der Waals surface area (Å²) in [4.78, 5) is 27.7. The van der Waals surface area contributed by atoms with Gasteiger partial charge < -0.3 is 14.8 Å². The second-order valence-corrected chi connectivity index (χ2v) is 10.7. The number of nitrogens with one attached hydrogen (secondary N) is 1. The summed E-state index contributed by atoms with van der Waals surface area (Å²) in [6.45, 7) is 10.5. The van der Waals surface area contributed by atoms with Crippen LogP contribution in [0.25, 0.3) is 10.8 Å². The number of likely N-dealkylation sites (tertiary alicyclic amines) is 1. The van der Waals surface area contributed by atoms with E-state index in [1.54, 1.807) is 4.90 Å². The normalized spacial score (nSPS) is 26.9. The maximum absolute atomic E-state index is 13.2. The smallest absolute Gasteiger partial charge is 0.411 e. The monoisotopic (exact) mass is 452 g/mol. The topological polar surface area (TPSA) is 67.9 Å². The Bertz CT molecular complexity index is 1020. The van der Waals surface area contributed by atoms with Gasteiger partial charge in [0.25, 0.3) is 0 Å². The van der Waals surface area contributed by atoms with Crippen LogP contribution in [-0.2, 0) is 20.9 Å². The second-order valence-electron chi connectivity index (χ2n) is 10.7. The highest BCUT2D eigenvalue weighted by Crippen LogP contribution is 2.45. The van der Waals surface area contributed by atoms with Crippen LogP contribution in [0.15, 0.2) is 42.5 Å². The Labute approximate surface area is 196 Å². The number of rotatable bonds is 6. The zero-order valence-corrected chi connectivity index (χ0v) is 20.4. The number of hydrogen-bond donors (Lipinski definition) is 1. The van der Waals surface area contributed by atoms with E-state index in [-0.39, 0.29) is 17.6 Å². The molecule has 4 atom stereocenters. The zero-order valence-electron chi connectivity index (χ0n) is 20.4. The van der Waals surface area contributed by atoms with E-state index < -0.39 is 17.7 Å². The van der Waals surface area contributed by atoms with E-state index in [9.17, 15) is 9.59 Å². The molecular weight excluding hydrogens is 416 g/mol. The van der Waals surface area contributed by atoms with Crippen molar-refractivity contribution in [2.24, 2.45) is 5.92 Å². The van der Waals surface area contributed by atoms with E-state index in [1.807, 2.05) is 39.0 Å². The number of carbonyl (C=O) groups excluding carboxylic acids is 2. The molecule has 1 heterocycles. The summed E-state index contributed by atoms with van der Waals surface area (Å²) in [5, 5.41) is 5.52. The van der Waals surface area contributed by atoms with Crippen LogP contribution in [0.4, 0.5) is 4.79 Å². The highest BCUT2D eigenvalue weighted by molar-refractivity contribution is 5.87. The molecule has 4 rings (SSSR count). The third-order valence-corrected chi connectivity index (χ3v) is 6.86. The molecule has 0 bridgehead atoms. The summed E-state index contributed by atoms with van der Waals surface area (Å²) in [6, 6.07) is 13.8. The summed E-state index contributed by atoms with van der Waals surface area (Å²) < 4.78 is 11.9. The predicted octanol–water partition coefficient (Wildman–Crippen LogP) is 5.04. The molecule has 0 aromatic heterocycles. The Morgan fingerprint density at radius 3 is 2.58 bits per heavy atom. The van der Waals surface area contributed by atoms with Gasteiger partial charge in [-0.15, -0.1) is 0 Å². The number of ether oxygens (including phenoxy) is 2. The van der Waals surface area contributed by atoms with E-state index in [0.717, 1.165) is 23.8 Å². The summed E-state index contributed by atoms with van der Waals surface area (Å²) in [6.07, 6.45) is 1.78. The molecule has 2 amide bonds. The van der Waals surface area contributed by atoms with Crippen molar-refractivity contribution in [3.05, 3.63) is 48.0 Å². The fourth-order valence-electron chi connectivity index (χ4n) is 4.88. The SMILES string of the molecule is CC[C@H]1C[C@]1(C)NC(=O)C1C[C@@H](OCc2cccc3ccccc23)CN1C(=O)OC(C)(C)C. The minimum atomic E-state index is -0.629. The molecule has 1 saturated heterocycles. The number of hydrogen-bond acceptors (Lipinski definition) is 4. The maximum Gasteiger partial charge on any atom is 0.411 e. The molecule has 1 aliphatic heterocycles. The molecule has 33 heavy (non-hydrogen) atoms. The van der Waals surface area contributed by atoms with Gasteiger partial charge >= 0.3 is 6.09 Å². The summed E-state index contributed by atoms with van der Waals surface area (Å²) >= 11 is 0. The van der Waals surface area contributed by atoms with Crippen molar-refractivity contribution in [2.45, 2.75) is 83.8 Å². The van der Waals surface area contributed by atoms with Gasteiger partial charge in [0.1, 0.15) is 11.6 Å². The van der Waals surface area contributed by atoms with Crippen LogP contribution in [-0.4, -0.2) is 46.7 Å². The lowest BCUT2D eigenvalue weighted by Gasteiger charge is -2.28. The number of amides is 2. The number of carbonyl (C=O) groups is 2. The van der Waals surface area contributed by atoms with Crippen molar-refractivity contribution in [1.29, 1.82) is 0 Å². The van der Waals surface area contributed by atoms with Crippen LogP contribution in [0.5, 0.6) is 0 Å². The minimum absolute atomic E-state index is 0.115. The van der Waals surface area contributed by atoms with Crippen molar-refractivity contribution in [1.82, 2.24) is 10.2 Å². The fourth-order valence-corrected chi connectivity index (χ4v) is 4.88. The van der Waals surface area contributed by atoms with Crippen LogP contribution in [0, 0.1) is 5.92 Å². The molecule has 0 spiro atoms. The largest absolute Gasteiger partial charge is 0.444 e. The van der Waals surface area contributed by atoms with Crippen molar-refractivity contribution >= 4 is 22.8 Å². The van der Waals surface area contributed by atoms with Crippen LogP contribution >= 0.6 is 0 Å².